The SMILES string of the molecule is CCNC(=NCCCc1ccccc1)N(C)Cc1cn(C)nc1C(C)C. The van der Waals surface area contributed by atoms with Gasteiger partial charge in [-0.3, -0.25) is 9.67 Å². The maximum absolute atomic E-state index is 4.81. The van der Waals surface area contributed by atoms with E-state index in [-0.39, 0.29) is 0 Å². The van der Waals surface area contributed by atoms with E-state index in [1.807, 2.05) is 11.7 Å². The van der Waals surface area contributed by atoms with Gasteiger partial charge < -0.3 is 10.2 Å². The van der Waals surface area contributed by atoms with Gasteiger partial charge in [-0.05, 0) is 31.2 Å². The molecule has 0 saturated heterocycles. The molecule has 142 valence electrons. The van der Waals surface area contributed by atoms with E-state index in [0.29, 0.717) is 5.92 Å². The second-order valence-corrected chi connectivity index (χ2v) is 7.05. The van der Waals surface area contributed by atoms with Gasteiger partial charge in [0.15, 0.2) is 5.96 Å². The third kappa shape index (κ3) is 5.90. The highest BCUT2D eigenvalue weighted by Crippen LogP contribution is 2.18. The Hall–Kier alpha value is -2.30. The molecular weight excluding hydrogens is 322 g/mol. The molecule has 5 heteroatoms. The molecule has 0 amide bonds. The summed E-state index contributed by atoms with van der Waals surface area (Å²) in [6.45, 7) is 8.99. The lowest BCUT2D eigenvalue weighted by Crippen LogP contribution is -2.38. The van der Waals surface area contributed by atoms with E-state index in [0.717, 1.165) is 38.4 Å². The smallest absolute Gasteiger partial charge is 0.193 e. The van der Waals surface area contributed by atoms with Gasteiger partial charge in [0.2, 0.25) is 0 Å². The molecule has 2 rings (SSSR count). The first-order valence-corrected chi connectivity index (χ1v) is 9.57. The second-order valence-electron chi connectivity index (χ2n) is 7.05. The molecule has 0 fully saturated rings. The molecule has 1 aromatic heterocycles. The Morgan fingerprint density at radius 3 is 2.65 bits per heavy atom. The van der Waals surface area contributed by atoms with E-state index < -0.39 is 0 Å². The lowest BCUT2D eigenvalue weighted by atomic mass is 10.1. The quantitative estimate of drug-likeness (QED) is 0.447. The van der Waals surface area contributed by atoms with Gasteiger partial charge in [-0.2, -0.15) is 5.10 Å². The van der Waals surface area contributed by atoms with Crippen LogP contribution in [-0.2, 0) is 20.0 Å². The van der Waals surface area contributed by atoms with E-state index in [2.05, 4.69) is 79.7 Å². The summed E-state index contributed by atoms with van der Waals surface area (Å²) >= 11 is 0. The third-order valence-corrected chi connectivity index (χ3v) is 4.32. The van der Waals surface area contributed by atoms with Crippen LogP contribution in [0, 0.1) is 0 Å². The predicted octanol–water partition coefficient (Wildman–Crippen LogP) is 3.57. The van der Waals surface area contributed by atoms with Gasteiger partial charge in [-0.1, -0.05) is 44.2 Å². The minimum atomic E-state index is 0.421. The van der Waals surface area contributed by atoms with Crippen LogP contribution in [0.5, 0.6) is 0 Å². The number of benzene rings is 1. The van der Waals surface area contributed by atoms with Crippen molar-refractivity contribution < 1.29 is 0 Å². The molecule has 0 radical (unpaired) electrons. The van der Waals surface area contributed by atoms with Gasteiger partial charge in [0.05, 0.1) is 5.69 Å². The second kappa shape index (κ2) is 10.00. The summed E-state index contributed by atoms with van der Waals surface area (Å²) in [5.41, 5.74) is 3.80. The number of aromatic nitrogens is 2. The first-order chi connectivity index (χ1) is 12.5. The Bertz CT molecular complexity index is 688. The van der Waals surface area contributed by atoms with Crippen molar-refractivity contribution in [3.8, 4) is 0 Å². The summed E-state index contributed by atoms with van der Waals surface area (Å²) in [5.74, 6) is 1.38. The van der Waals surface area contributed by atoms with Gasteiger partial charge in [0, 0.05) is 45.5 Å². The molecule has 26 heavy (non-hydrogen) atoms. The zero-order chi connectivity index (χ0) is 18.9. The standard InChI is InChI=1S/C21H33N5/c1-6-22-21(23-14-10-13-18-11-8-7-9-12-18)25(4)15-19-16-26(5)24-20(19)17(2)3/h7-9,11-12,16-17H,6,10,13-15H2,1-5H3,(H,22,23). The molecule has 0 aliphatic carbocycles. The number of rotatable bonds is 8. The summed E-state index contributed by atoms with van der Waals surface area (Å²) < 4.78 is 1.91. The van der Waals surface area contributed by atoms with Gasteiger partial charge in [0.25, 0.3) is 0 Å². The Morgan fingerprint density at radius 2 is 2.00 bits per heavy atom. The van der Waals surface area contributed by atoms with Gasteiger partial charge in [-0.15, -0.1) is 0 Å². The summed E-state index contributed by atoms with van der Waals surface area (Å²) in [5, 5.41) is 8.01. The number of guanidine groups is 1. The molecule has 1 heterocycles. The summed E-state index contributed by atoms with van der Waals surface area (Å²) in [6.07, 6.45) is 4.23. The number of nitrogens with one attached hydrogen (secondary N) is 1. The van der Waals surface area contributed by atoms with Gasteiger partial charge in [-0.25, -0.2) is 0 Å². The predicted molar refractivity (Wildman–Crippen MR) is 110 cm³/mol. The normalized spacial score (nSPS) is 11.8. The fourth-order valence-electron chi connectivity index (χ4n) is 3.08. The number of hydrogen-bond acceptors (Lipinski definition) is 2. The summed E-state index contributed by atoms with van der Waals surface area (Å²) in [6, 6.07) is 10.6. The maximum atomic E-state index is 4.81. The zero-order valence-corrected chi connectivity index (χ0v) is 16.9. The maximum Gasteiger partial charge on any atom is 0.193 e. The average molecular weight is 356 g/mol. The Balaban J connectivity index is 1.96. The first kappa shape index (κ1) is 20.0. The molecule has 5 nitrogen and oxygen atoms in total. The highest BCUT2D eigenvalue weighted by Gasteiger charge is 2.15. The molecule has 0 spiro atoms. The van der Waals surface area contributed by atoms with Crippen molar-refractivity contribution in [2.75, 3.05) is 20.1 Å². The van der Waals surface area contributed by atoms with Crippen LogP contribution in [0.4, 0.5) is 0 Å². The van der Waals surface area contributed by atoms with E-state index in [1.54, 1.807) is 0 Å². The van der Waals surface area contributed by atoms with Crippen LogP contribution in [0.2, 0.25) is 0 Å². The molecular formula is C21H33N5. The zero-order valence-electron chi connectivity index (χ0n) is 16.9. The van der Waals surface area contributed by atoms with Crippen molar-refractivity contribution in [1.29, 1.82) is 0 Å². The van der Waals surface area contributed by atoms with Crippen LogP contribution < -0.4 is 5.32 Å². The minimum absolute atomic E-state index is 0.421. The molecule has 0 bridgehead atoms. The molecule has 0 unspecified atom stereocenters. The Morgan fingerprint density at radius 1 is 1.27 bits per heavy atom. The number of nitrogens with zero attached hydrogens (tertiary/aromatic N) is 4. The van der Waals surface area contributed by atoms with Gasteiger partial charge >= 0.3 is 0 Å². The number of aliphatic imine (C=N–C) groups is 1. The van der Waals surface area contributed by atoms with Crippen LogP contribution in [0.3, 0.4) is 0 Å². The highest BCUT2D eigenvalue weighted by atomic mass is 15.3. The van der Waals surface area contributed by atoms with Crippen molar-refractivity contribution >= 4 is 5.96 Å². The topological polar surface area (TPSA) is 45.5 Å². The molecule has 1 N–H and O–H groups in total. The fraction of sp³-hybridized carbons (Fsp3) is 0.524. The number of aryl methyl sites for hydroxylation is 2. The summed E-state index contributed by atoms with van der Waals surface area (Å²) in [7, 11) is 4.08. The van der Waals surface area contributed by atoms with Crippen molar-refractivity contribution in [1.82, 2.24) is 20.0 Å². The van der Waals surface area contributed by atoms with Crippen molar-refractivity contribution in [3.05, 3.63) is 53.3 Å². The summed E-state index contributed by atoms with van der Waals surface area (Å²) in [4.78, 5) is 7.00. The van der Waals surface area contributed by atoms with Crippen molar-refractivity contribution in [3.63, 3.8) is 0 Å². The van der Waals surface area contributed by atoms with Crippen LogP contribution in [0.1, 0.15) is 49.9 Å². The van der Waals surface area contributed by atoms with Crippen LogP contribution >= 0.6 is 0 Å². The third-order valence-electron chi connectivity index (χ3n) is 4.32. The fourth-order valence-corrected chi connectivity index (χ4v) is 3.08. The molecule has 2 aromatic rings. The Labute approximate surface area is 158 Å². The highest BCUT2D eigenvalue weighted by molar-refractivity contribution is 5.79. The first-order valence-electron chi connectivity index (χ1n) is 9.57. The van der Waals surface area contributed by atoms with Crippen LogP contribution in [0.15, 0.2) is 41.5 Å². The molecule has 0 saturated carbocycles. The largest absolute Gasteiger partial charge is 0.357 e. The van der Waals surface area contributed by atoms with E-state index in [1.165, 1.54) is 16.8 Å². The van der Waals surface area contributed by atoms with Gasteiger partial charge in [0.1, 0.15) is 0 Å². The Kier molecular flexibility index (Phi) is 7.70. The lowest BCUT2D eigenvalue weighted by Gasteiger charge is -2.22. The van der Waals surface area contributed by atoms with Crippen molar-refractivity contribution in [2.24, 2.45) is 12.0 Å². The lowest BCUT2D eigenvalue weighted by molar-refractivity contribution is 0.473. The van der Waals surface area contributed by atoms with Crippen LogP contribution in [0.25, 0.3) is 0 Å². The van der Waals surface area contributed by atoms with E-state index in [4.69, 9.17) is 4.99 Å². The number of hydrogen-bond donors (Lipinski definition) is 1. The molecule has 0 aliphatic heterocycles. The average Bonchev–Trinajstić information content (AvgIpc) is 2.99. The van der Waals surface area contributed by atoms with Crippen LogP contribution in [-0.4, -0.2) is 40.8 Å². The minimum Gasteiger partial charge on any atom is -0.357 e. The molecule has 1 aromatic carbocycles. The van der Waals surface area contributed by atoms with Crippen molar-refractivity contribution in [2.45, 2.75) is 46.1 Å². The monoisotopic (exact) mass is 355 g/mol. The van der Waals surface area contributed by atoms with E-state index >= 15 is 0 Å². The molecule has 0 atom stereocenters. The van der Waals surface area contributed by atoms with E-state index in [9.17, 15) is 0 Å². The molecule has 0 aliphatic rings.